The normalized spacial score (nSPS) is 14.2. The van der Waals surface area contributed by atoms with Crippen molar-refractivity contribution in [3.8, 4) is 5.88 Å². The van der Waals surface area contributed by atoms with E-state index in [2.05, 4.69) is 24.0 Å². The number of hydrogen-bond donors (Lipinski definition) is 2. The van der Waals surface area contributed by atoms with Crippen LogP contribution in [0.15, 0.2) is 30.5 Å². The van der Waals surface area contributed by atoms with Crippen LogP contribution in [0.3, 0.4) is 0 Å². The van der Waals surface area contributed by atoms with Gasteiger partial charge in [-0.2, -0.15) is 17.5 Å². The van der Waals surface area contributed by atoms with E-state index in [1.54, 1.807) is 6.07 Å². The summed E-state index contributed by atoms with van der Waals surface area (Å²) in [6.07, 6.45) is -3.02. The number of amides is 2. The van der Waals surface area contributed by atoms with Crippen LogP contribution in [0, 0.1) is 0 Å². The number of hydrogen-bond acceptors (Lipinski definition) is 9. The maximum Gasteiger partial charge on any atom is 0.416 e. The molecule has 180 valence electrons. The molecule has 3 heterocycles. The number of aromatic nitrogens is 4. The van der Waals surface area contributed by atoms with Gasteiger partial charge in [0.25, 0.3) is 5.88 Å². The smallest absolute Gasteiger partial charge is 0.416 e. The van der Waals surface area contributed by atoms with Gasteiger partial charge < -0.3 is 25.6 Å². The summed E-state index contributed by atoms with van der Waals surface area (Å²) in [6.45, 7) is 1.59. The van der Waals surface area contributed by atoms with Crippen molar-refractivity contribution in [3.63, 3.8) is 0 Å². The van der Waals surface area contributed by atoms with Crippen molar-refractivity contribution in [1.82, 2.24) is 23.6 Å². The molecular formula is C19H18ClF3N8O2S. The quantitative estimate of drug-likeness (QED) is 0.530. The summed E-state index contributed by atoms with van der Waals surface area (Å²) in [4.78, 5) is 23.9. The number of anilines is 3. The Balaban J connectivity index is 1.34. The van der Waals surface area contributed by atoms with Gasteiger partial charge in [-0.3, -0.25) is 0 Å². The molecule has 0 unspecified atom stereocenters. The molecule has 2 amide bonds. The molecule has 0 atom stereocenters. The van der Waals surface area contributed by atoms with Gasteiger partial charge in [0.15, 0.2) is 0 Å². The molecule has 1 aromatic carbocycles. The van der Waals surface area contributed by atoms with Crippen molar-refractivity contribution in [2.24, 2.45) is 0 Å². The number of piperazine rings is 1. The van der Waals surface area contributed by atoms with Crippen molar-refractivity contribution >= 4 is 46.8 Å². The van der Waals surface area contributed by atoms with Crippen LogP contribution < -0.4 is 20.7 Å². The molecule has 1 aliphatic heterocycles. The number of alkyl halides is 3. The first kappa shape index (κ1) is 23.8. The molecule has 2 aromatic heterocycles. The van der Waals surface area contributed by atoms with E-state index in [9.17, 15) is 18.0 Å². The molecule has 3 aromatic rings. The topological polar surface area (TPSA) is 122 Å². The predicted molar refractivity (Wildman–Crippen MR) is 120 cm³/mol. The average molecular weight is 515 g/mol. The van der Waals surface area contributed by atoms with E-state index in [0.29, 0.717) is 43.6 Å². The van der Waals surface area contributed by atoms with Crippen molar-refractivity contribution < 1.29 is 22.7 Å². The Morgan fingerprint density at radius 3 is 2.68 bits per heavy atom. The van der Waals surface area contributed by atoms with Gasteiger partial charge in [-0.15, -0.1) is 4.37 Å². The zero-order valence-electron chi connectivity index (χ0n) is 17.4. The van der Waals surface area contributed by atoms with E-state index >= 15 is 0 Å². The largest absolute Gasteiger partial charge is 0.468 e. The van der Waals surface area contributed by atoms with Crippen LogP contribution in [-0.2, 0) is 12.8 Å². The third-order valence-corrected chi connectivity index (χ3v) is 5.76. The summed E-state index contributed by atoms with van der Waals surface area (Å²) < 4.78 is 53.1. The fourth-order valence-electron chi connectivity index (χ4n) is 3.21. The SMILES string of the molecule is Nc1nccc(COc2nsnc2N2CCN(C(=O)Nc3cc(C(F)(F)F)ccc3Cl)CC2)n1. The highest BCUT2D eigenvalue weighted by Crippen LogP contribution is 2.34. The Morgan fingerprint density at radius 2 is 1.97 bits per heavy atom. The fraction of sp³-hybridized carbons (Fsp3) is 0.316. The Labute approximate surface area is 200 Å². The van der Waals surface area contributed by atoms with Gasteiger partial charge in [-0.25, -0.2) is 14.8 Å². The van der Waals surface area contributed by atoms with Crippen LogP contribution in [0.4, 0.5) is 35.4 Å². The lowest BCUT2D eigenvalue weighted by molar-refractivity contribution is -0.137. The van der Waals surface area contributed by atoms with Crippen LogP contribution in [0.1, 0.15) is 11.3 Å². The third kappa shape index (κ3) is 5.56. The van der Waals surface area contributed by atoms with Crippen molar-refractivity contribution in [3.05, 3.63) is 46.7 Å². The molecule has 15 heteroatoms. The molecule has 0 aliphatic carbocycles. The van der Waals surface area contributed by atoms with Crippen molar-refractivity contribution in [2.75, 3.05) is 42.1 Å². The Hall–Kier alpha value is -3.39. The van der Waals surface area contributed by atoms with E-state index in [4.69, 9.17) is 22.1 Å². The summed E-state index contributed by atoms with van der Waals surface area (Å²) in [6, 6.07) is 3.90. The van der Waals surface area contributed by atoms with E-state index in [1.165, 1.54) is 11.1 Å². The Kier molecular flexibility index (Phi) is 6.88. The number of rotatable bonds is 5. The fourth-order valence-corrected chi connectivity index (χ4v) is 3.89. The van der Waals surface area contributed by atoms with Gasteiger partial charge in [0.1, 0.15) is 6.61 Å². The molecule has 3 N–H and O–H groups in total. The maximum absolute atomic E-state index is 13.0. The molecule has 4 rings (SSSR count). The summed E-state index contributed by atoms with van der Waals surface area (Å²) in [7, 11) is 0. The molecule has 0 radical (unpaired) electrons. The lowest BCUT2D eigenvalue weighted by Crippen LogP contribution is -2.50. The lowest BCUT2D eigenvalue weighted by Gasteiger charge is -2.34. The number of carbonyl (C=O) groups excluding carboxylic acids is 1. The van der Waals surface area contributed by atoms with Gasteiger partial charge in [-0.1, -0.05) is 11.6 Å². The molecule has 1 saturated heterocycles. The van der Waals surface area contributed by atoms with Crippen molar-refractivity contribution in [1.29, 1.82) is 0 Å². The van der Waals surface area contributed by atoms with E-state index < -0.39 is 17.8 Å². The van der Waals surface area contributed by atoms with Crippen LogP contribution in [0.5, 0.6) is 5.88 Å². The number of halogens is 4. The van der Waals surface area contributed by atoms with Gasteiger partial charge in [0.05, 0.1) is 33.7 Å². The second-order valence-electron chi connectivity index (χ2n) is 7.18. The van der Waals surface area contributed by atoms with Crippen LogP contribution in [0.25, 0.3) is 0 Å². The van der Waals surface area contributed by atoms with Crippen LogP contribution >= 0.6 is 23.3 Å². The van der Waals surface area contributed by atoms with Crippen LogP contribution in [-0.4, -0.2) is 55.8 Å². The molecule has 1 fully saturated rings. The van der Waals surface area contributed by atoms with Crippen molar-refractivity contribution in [2.45, 2.75) is 12.8 Å². The summed E-state index contributed by atoms with van der Waals surface area (Å²) in [5.41, 5.74) is 5.15. The number of urea groups is 1. The van der Waals surface area contributed by atoms with E-state index in [1.807, 2.05) is 4.90 Å². The van der Waals surface area contributed by atoms with Crippen LogP contribution in [0.2, 0.25) is 5.02 Å². The standard InChI is InChI=1S/C19H18ClF3N8O2S/c20-13-2-1-11(19(21,22)23)9-14(13)27-18(32)31-7-5-30(6-8-31)15-16(29-34-28-15)33-10-12-3-4-25-17(24)26-12/h1-4,9H,5-8,10H2,(H,27,32)(H2,24,25,26). The number of carbonyl (C=O) groups is 1. The first-order valence-corrected chi connectivity index (χ1v) is 11.0. The highest BCUT2D eigenvalue weighted by atomic mass is 35.5. The highest BCUT2D eigenvalue weighted by Gasteiger charge is 2.31. The molecule has 0 bridgehead atoms. The zero-order valence-corrected chi connectivity index (χ0v) is 19.0. The number of nitrogens with two attached hydrogens (primary N) is 1. The second-order valence-corrected chi connectivity index (χ2v) is 8.12. The molecule has 34 heavy (non-hydrogen) atoms. The zero-order chi connectivity index (χ0) is 24.3. The van der Waals surface area contributed by atoms with Gasteiger partial charge in [0.2, 0.25) is 11.8 Å². The molecule has 0 spiro atoms. The second kappa shape index (κ2) is 9.85. The number of nitrogens with one attached hydrogen (secondary N) is 1. The first-order chi connectivity index (χ1) is 16.2. The summed E-state index contributed by atoms with van der Waals surface area (Å²) in [5.74, 6) is 1.00. The third-order valence-electron chi connectivity index (χ3n) is 4.93. The number of nitrogens with zero attached hydrogens (tertiary/aromatic N) is 6. The van der Waals surface area contributed by atoms with Gasteiger partial charge >= 0.3 is 12.2 Å². The molecule has 0 saturated carbocycles. The minimum absolute atomic E-state index is 0.0146. The predicted octanol–water partition coefficient (Wildman–Crippen LogP) is 3.52. The minimum atomic E-state index is -4.54. The number of ether oxygens (including phenoxy) is 1. The van der Waals surface area contributed by atoms with Gasteiger partial charge in [-0.05, 0) is 24.3 Å². The number of nitrogen functional groups attached to an aromatic ring is 1. The van der Waals surface area contributed by atoms with Gasteiger partial charge in [0, 0.05) is 32.4 Å². The summed E-state index contributed by atoms with van der Waals surface area (Å²) in [5, 5.41) is 2.47. The lowest BCUT2D eigenvalue weighted by atomic mass is 10.2. The monoisotopic (exact) mass is 514 g/mol. The van der Waals surface area contributed by atoms with E-state index in [-0.39, 0.29) is 23.3 Å². The number of benzene rings is 1. The maximum atomic E-state index is 13.0. The molecule has 10 nitrogen and oxygen atoms in total. The average Bonchev–Trinajstić information content (AvgIpc) is 3.27. The minimum Gasteiger partial charge on any atom is -0.468 e. The van der Waals surface area contributed by atoms with E-state index in [0.717, 1.165) is 29.9 Å². The Morgan fingerprint density at radius 1 is 1.21 bits per heavy atom. The highest BCUT2D eigenvalue weighted by molar-refractivity contribution is 6.99. The summed E-state index contributed by atoms with van der Waals surface area (Å²) >= 11 is 6.96. The molecule has 1 aliphatic rings. The Bertz CT molecular complexity index is 1170. The first-order valence-electron chi connectivity index (χ1n) is 9.91. The molecular weight excluding hydrogens is 497 g/mol.